The van der Waals surface area contributed by atoms with Gasteiger partial charge in [-0.1, -0.05) is 36.2 Å². The molecule has 1 unspecified atom stereocenters. The predicted octanol–water partition coefficient (Wildman–Crippen LogP) is 3.63. The Morgan fingerprint density at radius 1 is 1.26 bits per heavy atom. The van der Waals surface area contributed by atoms with Gasteiger partial charge < -0.3 is 9.42 Å². The maximum absolute atomic E-state index is 12.8. The molecule has 0 spiro atoms. The second-order valence-electron chi connectivity index (χ2n) is 7.38. The van der Waals surface area contributed by atoms with Gasteiger partial charge >= 0.3 is 0 Å². The Balaban J connectivity index is 1.60. The van der Waals surface area contributed by atoms with Crippen molar-refractivity contribution in [1.29, 1.82) is 0 Å². The van der Waals surface area contributed by atoms with E-state index < -0.39 is 0 Å². The van der Waals surface area contributed by atoms with E-state index in [1.165, 1.54) is 0 Å². The molecule has 0 aliphatic carbocycles. The van der Waals surface area contributed by atoms with Crippen LogP contribution in [0.5, 0.6) is 0 Å². The molecule has 146 valence electrons. The highest BCUT2D eigenvalue weighted by atomic mass is 16.5. The van der Waals surface area contributed by atoms with Crippen LogP contribution in [0.2, 0.25) is 0 Å². The van der Waals surface area contributed by atoms with Gasteiger partial charge in [0, 0.05) is 38.2 Å². The number of carbonyl (C=O) groups is 1. The van der Waals surface area contributed by atoms with Gasteiger partial charge in [-0.2, -0.15) is 4.98 Å². The largest absolute Gasteiger partial charge is 0.338 e. The summed E-state index contributed by atoms with van der Waals surface area (Å²) in [5.74, 6) is 1.59. The zero-order chi connectivity index (χ0) is 19.2. The molecule has 1 amide bonds. The number of carbonyl (C=O) groups excluding carboxylic acids is 1. The molecule has 1 aliphatic heterocycles. The molecule has 1 atom stereocenters. The third-order valence-corrected chi connectivity index (χ3v) is 5.23. The summed E-state index contributed by atoms with van der Waals surface area (Å²) in [7, 11) is 0. The van der Waals surface area contributed by atoms with Gasteiger partial charge in [-0.15, -0.1) is 0 Å². The molecule has 1 fully saturated rings. The number of nitrogens with zero attached hydrogens (tertiary/aromatic N) is 4. The summed E-state index contributed by atoms with van der Waals surface area (Å²) in [4.78, 5) is 21.7. The molecule has 2 heterocycles. The predicted molar refractivity (Wildman–Crippen MR) is 105 cm³/mol. The van der Waals surface area contributed by atoms with Crippen LogP contribution < -0.4 is 0 Å². The molecule has 0 radical (unpaired) electrons. The van der Waals surface area contributed by atoms with Crippen LogP contribution in [-0.4, -0.2) is 52.0 Å². The maximum atomic E-state index is 12.8. The van der Waals surface area contributed by atoms with Crippen molar-refractivity contribution in [1.82, 2.24) is 19.9 Å². The summed E-state index contributed by atoms with van der Waals surface area (Å²) in [6.07, 6.45) is 4.01. The molecule has 1 aromatic carbocycles. The molecular formula is C21H30N4O2. The van der Waals surface area contributed by atoms with Crippen LogP contribution in [0.3, 0.4) is 0 Å². The topological polar surface area (TPSA) is 62.5 Å². The van der Waals surface area contributed by atoms with Gasteiger partial charge in [-0.3, -0.25) is 9.69 Å². The summed E-state index contributed by atoms with van der Waals surface area (Å²) in [5.41, 5.74) is 1.88. The third-order valence-electron chi connectivity index (χ3n) is 5.23. The number of aromatic nitrogens is 2. The van der Waals surface area contributed by atoms with Crippen LogP contribution in [0.1, 0.15) is 66.8 Å². The Morgan fingerprint density at radius 3 is 2.89 bits per heavy atom. The average Bonchev–Trinajstić information content (AvgIpc) is 3.01. The zero-order valence-corrected chi connectivity index (χ0v) is 16.6. The van der Waals surface area contributed by atoms with Crippen molar-refractivity contribution in [2.24, 2.45) is 0 Å². The second kappa shape index (κ2) is 9.13. The van der Waals surface area contributed by atoms with Gasteiger partial charge in [0.1, 0.15) is 0 Å². The van der Waals surface area contributed by atoms with E-state index >= 15 is 0 Å². The lowest BCUT2D eigenvalue weighted by atomic mass is 10.1. The number of amides is 1. The lowest BCUT2D eigenvalue weighted by molar-refractivity contribution is 0.0757. The molecule has 6 heteroatoms. The van der Waals surface area contributed by atoms with Crippen molar-refractivity contribution in [2.75, 3.05) is 26.2 Å². The summed E-state index contributed by atoms with van der Waals surface area (Å²) < 4.78 is 5.49. The first-order valence-electron chi connectivity index (χ1n) is 10.0. The first-order chi connectivity index (χ1) is 13.1. The monoisotopic (exact) mass is 370 g/mol. The molecule has 1 saturated heterocycles. The van der Waals surface area contributed by atoms with Gasteiger partial charge in [-0.25, -0.2) is 0 Å². The number of hydrogen-bond acceptors (Lipinski definition) is 5. The fourth-order valence-electron chi connectivity index (χ4n) is 3.52. The Bertz CT molecular complexity index is 758. The summed E-state index contributed by atoms with van der Waals surface area (Å²) >= 11 is 0. The van der Waals surface area contributed by atoms with E-state index in [-0.39, 0.29) is 11.9 Å². The summed E-state index contributed by atoms with van der Waals surface area (Å²) in [5, 5.41) is 4.11. The van der Waals surface area contributed by atoms with Gasteiger partial charge in [0.2, 0.25) is 5.89 Å². The Kier molecular flexibility index (Phi) is 6.61. The van der Waals surface area contributed by atoms with E-state index in [1.54, 1.807) is 0 Å². The number of hydrogen-bond donors (Lipinski definition) is 0. The van der Waals surface area contributed by atoms with E-state index in [0.717, 1.165) is 62.3 Å². The molecule has 1 aromatic heterocycles. The van der Waals surface area contributed by atoms with Gasteiger partial charge in [0.25, 0.3) is 5.91 Å². The van der Waals surface area contributed by atoms with E-state index in [1.807, 2.05) is 36.1 Å². The summed E-state index contributed by atoms with van der Waals surface area (Å²) in [6.45, 7) is 9.51. The fraction of sp³-hybridized carbons (Fsp3) is 0.571. The first-order valence-corrected chi connectivity index (χ1v) is 10.0. The van der Waals surface area contributed by atoms with Gasteiger partial charge in [-0.05, 0) is 38.8 Å². The van der Waals surface area contributed by atoms with Crippen LogP contribution in [0, 0.1) is 6.92 Å². The molecule has 1 aliphatic rings. The Hall–Kier alpha value is -2.21. The van der Waals surface area contributed by atoms with Crippen molar-refractivity contribution >= 4 is 5.91 Å². The van der Waals surface area contributed by atoms with Gasteiger partial charge in [0.15, 0.2) is 5.82 Å². The zero-order valence-electron chi connectivity index (χ0n) is 16.6. The smallest absolute Gasteiger partial charge is 0.253 e. The van der Waals surface area contributed by atoms with Crippen molar-refractivity contribution in [2.45, 2.75) is 52.5 Å². The Morgan fingerprint density at radius 2 is 2.11 bits per heavy atom. The third kappa shape index (κ3) is 4.95. The lowest BCUT2D eigenvalue weighted by Gasteiger charge is -2.25. The SMILES string of the molecule is CCCCc1noc(C(C)N2CCCN(C(=O)c3cccc(C)c3)CC2)n1. The molecule has 3 rings (SSSR count). The number of rotatable bonds is 6. The quantitative estimate of drug-likeness (QED) is 0.777. The molecule has 6 nitrogen and oxygen atoms in total. The van der Waals surface area contributed by atoms with Gasteiger partial charge in [0.05, 0.1) is 6.04 Å². The number of benzene rings is 1. The molecule has 0 bridgehead atoms. The highest BCUT2D eigenvalue weighted by Crippen LogP contribution is 2.21. The van der Waals surface area contributed by atoms with Crippen molar-refractivity contribution in [3.8, 4) is 0 Å². The van der Waals surface area contributed by atoms with E-state index in [9.17, 15) is 4.79 Å². The molecule has 2 aromatic rings. The molecular weight excluding hydrogens is 340 g/mol. The fourth-order valence-corrected chi connectivity index (χ4v) is 3.52. The minimum atomic E-state index is 0.0712. The highest BCUT2D eigenvalue weighted by Gasteiger charge is 2.26. The normalized spacial score (nSPS) is 16.9. The van der Waals surface area contributed by atoms with Crippen LogP contribution in [0.15, 0.2) is 28.8 Å². The minimum Gasteiger partial charge on any atom is -0.338 e. The highest BCUT2D eigenvalue weighted by molar-refractivity contribution is 5.94. The average molecular weight is 370 g/mol. The standard InChI is InChI=1S/C21H30N4O2/c1-4-5-10-19-22-20(27-23-19)17(3)24-11-7-12-25(14-13-24)21(26)18-9-6-8-16(2)15-18/h6,8-9,15,17H,4-5,7,10-14H2,1-3H3. The van der Waals surface area contributed by atoms with Crippen LogP contribution >= 0.6 is 0 Å². The number of unbranched alkanes of at least 4 members (excludes halogenated alkanes) is 1. The lowest BCUT2D eigenvalue weighted by Crippen LogP contribution is -2.36. The van der Waals surface area contributed by atoms with E-state index in [0.29, 0.717) is 12.4 Å². The van der Waals surface area contributed by atoms with E-state index in [2.05, 4.69) is 28.9 Å². The molecule has 0 saturated carbocycles. The first kappa shape index (κ1) is 19.5. The van der Waals surface area contributed by atoms with Crippen LogP contribution in [-0.2, 0) is 6.42 Å². The van der Waals surface area contributed by atoms with Crippen molar-refractivity contribution in [3.63, 3.8) is 0 Å². The molecule has 27 heavy (non-hydrogen) atoms. The second-order valence-corrected chi connectivity index (χ2v) is 7.38. The Labute approximate surface area is 161 Å². The minimum absolute atomic E-state index is 0.0712. The van der Waals surface area contributed by atoms with Crippen molar-refractivity contribution < 1.29 is 9.32 Å². The maximum Gasteiger partial charge on any atom is 0.253 e. The summed E-state index contributed by atoms with van der Waals surface area (Å²) in [6, 6.07) is 7.89. The number of aryl methyl sites for hydroxylation is 2. The van der Waals surface area contributed by atoms with Crippen molar-refractivity contribution in [3.05, 3.63) is 47.1 Å². The molecule has 0 N–H and O–H groups in total. The van der Waals surface area contributed by atoms with Crippen LogP contribution in [0.4, 0.5) is 0 Å². The van der Waals surface area contributed by atoms with E-state index in [4.69, 9.17) is 4.52 Å². The van der Waals surface area contributed by atoms with Crippen LogP contribution in [0.25, 0.3) is 0 Å².